The summed E-state index contributed by atoms with van der Waals surface area (Å²) in [5.74, 6) is -0.0655. The molecule has 2 N–H and O–H groups in total. The molecule has 1 aromatic heterocycles. The van der Waals surface area contributed by atoms with Crippen molar-refractivity contribution in [3.8, 4) is 11.3 Å². The highest BCUT2D eigenvalue weighted by atomic mass is 32.2. The van der Waals surface area contributed by atoms with Crippen molar-refractivity contribution < 1.29 is 13.4 Å². The summed E-state index contributed by atoms with van der Waals surface area (Å²) >= 11 is 0. The van der Waals surface area contributed by atoms with Gasteiger partial charge < -0.3 is 10.6 Å². The van der Waals surface area contributed by atoms with Gasteiger partial charge in [0.2, 0.25) is 5.91 Å². The lowest BCUT2D eigenvalue weighted by molar-refractivity contribution is -0.132. The van der Waals surface area contributed by atoms with Gasteiger partial charge in [-0.3, -0.25) is 9.36 Å². The fourth-order valence-corrected chi connectivity index (χ4v) is 5.51. The Morgan fingerprint density at radius 2 is 1.72 bits per heavy atom. The second kappa shape index (κ2) is 8.11. The zero-order valence-corrected chi connectivity index (χ0v) is 19.2. The molecule has 0 saturated heterocycles. The summed E-state index contributed by atoms with van der Waals surface area (Å²) in [6, 6.07) is 11.7. The van der Waals surface area contributed by atoms with Crippen LogP contribution < -0.4 is 5.73 Å². The molecule has 3 aromatic rings. The predicted molar refractivity (Wildman–Crippen MR) is 122 cm³/mol. The van der Waals surface area contributed by atoms with Crippen molar-refractivity contribution in [2.24, 2.45) is 5.73 Å². The number of rotatable bonds is 4. The molecule has 0 bridgehead atoms. The number of benzene rings is 2. The van der Waals surface area contributed by atoms with Crippen LogP contribution in [0.4, 0.5) is 4.39 Å². The number of hydrogen-bond donors (Lipinski definition) is 1. The van der Waals surface area contributed by atoms with E-state index in [1.807, 2.05) is 45.9 Å². The molecule has 4 rings (SSSR count). The Morgan fingerprint density at radius 3 is 2.31 bits per heavy atom. The lowest BCUT2D eigenvalue weighted by atomic mass is 10.0. The number of halogens is 1. The fraction of sp³-hybridized carbons (Fsp3) is 0.250. The van der Waals surface area contributed by atoms with Gasteiger partial charge in [-0.15, -0.1) is 0 Å². The average molecular weight is 453 g/mol. The summed E-state index contributed by atoms with van der Waals surface area (Å²) in [4.78, 5) is 19.4. The van der Waals surface area contributed by atoms with E-state index in [0.717, 1.165) is 11.1 Å². The van der Waals surface area contributed by atoms with Gasteiger partial charge in [0.05, 0.1) is 6.54 Å². The number of imidazole rings is 1. The van der Waals surface area contributed by atoms with E-state index >= 15 is 0 Å². The molecule has 1 atom stereocenters. The Kier molecular flexibility index (Phi) is 5.60. The molecule has 0 saturated carbocycles. The van der Waals surface area contributed by atoms with Gasteiger partial charge in [-0.2, -0.15) is 0 Å². The minimum Gasteiger partial charge on any atom is -0.322 e. The monoisotopic (exact) mass is 452 g/mol. The maximum Gasteiger partial charge on any atom is 0.241 e. The number of aryl methyl sites for hydroxylation is 2. The lowest BCUT2D eigenvalue weighted by Gasteiger charge is -2.38. The number of hydrogen-bond acceptors (Lipinski definition) is 4. The lowest BCUT2D eigenvalue weighted by Crippen LogP contribution is -2.47. The first-order valence-electron chi connectivity index (χ1n) is 10.2. The molecule has 0 aliphatic carbocycles. The van der Waals surface area contributed by atoms with Crippen LogP contribution >= 0.6 is 0 Å². The van der Waals surface area contributed by atoms with Crippen LogP contribution in [-0.2, 0) is 21.1 Å². The highest BCUT2D eigenvalue weighted by Gasteiger charge is 2.40. The minimum absolute atomic E-state index is 0.138. The number of carbonyl (C=O) groups excluding carboxylic acids is 1. The Hall–Kier alpha value is -3.10. The fourth-order valence-electron chi connectivity index (χ4n) is 4.03. The third-order valence-electron chi connectivity index (χ3n) is 5.53. The Labute approximate surface area is 189 Å². The summed E-state index contributed by atoms with van der Waals surface area (Å²) in [6.45, 7) is 7.50. The van der Waals surface area contributed by atoms with Crippen molar-refractivity contribution in [3.63, 3.8) is 0 Å². The second-order valence-electron chi connectivity index (χ2n) is 8.38. The van der Waals surface area contributed by atoms with E-state index in [0.29, 0.717) is 27.0 Å². The number of fused-ring (bicyclic) bond motifs is 1. The number of nitrogens with two attached hydrogens (primary N) is 1. The van der Waals surface area contributed by atoms with E-state index in [1.165, 1.54) is 17.0 Å². The number of amides is 1. The van der Waals surface area contributed by atoms with Gasteiger partial charge in [-0.05, 0) is 75.2 Å². The predicted octanol–water partition coefficient (Wildman–Crippen LogP) is 3.94. The Bertz CT molecular complexity index is 1240. The van der Waals surface area contributed by atoms with E-state index in [1.54, 1.807) is 29.1 Å². The highest BCUT2D eigenvalue weighted by Crippen LogP contribution is 2.39. The van der Waals surface area contributed by atoms with Crippen LogP contribution in [0.2, 0.25) is 0 Å². The summed E-state index contributed by atoms with van der Waals surface area (Å²) in [5.41, 5.74) is 7.91. The van der Waals surface area contributed by atoms with Crippen molar-refractivity contribution in [2.75, 3.05) is 6.54 Å². The van der Waals surface area contributed by atoms with Gasteiger partial charge in [-0.25, -0.2) is 13.6 Å². The molecule has 2 heterocycles. The largest absolute Gasteiger partial charge is 0.322 e. The van der Waals surface area contributed by atoms with Crippen molar-refractivity contribution in [1.29, 1.82) is 0 Å². The van der Waals surface area contributed by atoms with Crippen LogP contribution in [0, 0.1) is 19.7 Å². The molecule has 0 fully saturated rings. The summed E-state index contributed by atoms with van der Waals surface area (Å²) < 4.78 is 29.2. The molecule has 2 aromatic carbocycles. The smallest absolute Gasteiger partial charge is 0.241 e. The number of carbonyl (C=O) groups is 1. The first-order valence-corrected chi connectivity index (χ1v) is 11.4. The molecule has 6 nitrogen and oxygen atoms in total. The molecule has 8 heteroatoms. The highest BCUT2D eigenvalue weighted by molar-refractivity contribution is 7.85. The number of aromatic nitrogens is 2. The molecule has 1 unspecified atom stereocenters. The van der Waals surface area contributed by atoms with Crippen LogP contribution in [0.1, 0.15) is 30.8 Å². The summed E-state index contributed by atoms with van der Waals surface area (Å²) in [6.07, 6.45) is 3.32. The quantitative estimate of drug-likeness (QED) is 0.650. The second-order valence-corrected chi connectivity index (χ2v) is 9.78. The standard InChI is InChI=1S/C24H25FN4O2S/c1-15-11-16(2)13-19(12-15)32(31)22-21(17-5-7-18(25)8-6-17)27-23-24(3,4)29(20(30)14-26)10-9-28(22)23/h5-13H,14,26H2,1-4H3. The Balaban J connectivity index is 1.97. The van der Waals surface area contributed by atoms with Crippen LogP contribution in [0.25, 0.3) is 17.5 Å². The van der Waals surface area contributed by atoms with Gasteiger partial charge in [0.15, 0.2) is 0 Å². The molecule has 0 spiro atoms. The molecule has 166 valence electrons. The van der Waals surface area contributed by atoms with Crippen LogP contribution in [0.5, 0.6) is 0 Å². The molecule has 0 radical (unpaired) electrons. The zero-order chi connectivity index (χ0) is 23.2. The van der Waals surface area contributed by atoms with Gasteiger partial charge >= 0.3 is 0 Å². The molecule has 1 aliphatic heterocycles. The van der Waals surface area contributed by atoms with Crippen LogP contribution in [-0.4, -0.2) is 31.1 Å². The van der Waals surface area contributed by atoms with Crippen molar-refractivity contribution >= 4 is 22.9 Å². The third kappa shape index (κ3) is 3.69. The topological polar surface area (TPSA) is 81.2 Å². The SMILES string of the molecule is Cc1cc(C)cc(S(=O)c2c(-c3ccc(F)cc3)nc3n2C=CN(C(=O)CN)C3(C)C)c1. The maximum atomic E-state index is 13.9. The first-order chi connectivity index (χ1) is 15.1. The Morgan fingerprint density at radius 1 is 1.09 bits per heavy atom. The molecule has 1 amide bonds. The van der Waals surface area contributed by atoms with E-state index < -0.39 is 16.3 Å². The normalized spacial score (nSPS) is 15.5. The van der Waals surface area contributed by atoms with Crippen LogP contribution in [0.3, 0.4) is 0 Å². The minimum atomic E-state index is -1.57. The molecule has 32 heavy (non-hydrogen) atoms. The molecule has 1 aliphatic rings. The van der Waals surface area contributed by atoms with Gasteiger partial charge in [0.1, 0.15) is 38.7 Å². The van der Waals surface area contributed by atoms with Gasteiger partial charge in [-0.1, -0.05) is 6.07 Å². The summed E-state index contributed by atoms with van der Waals surface area (Å²) in [5, 5.41) is 0.473. The molecular weight excluding hydrogens is 427 g/mol. The average Bonchev–Trinajstić information content (AvgIpc) is 3.13. The zero-order valence-electron chi connectivity index (χ0n) is 18.4. The van der Waals surface area contributed by atoms with Crippen molar-refractivity contribution in [2.45, 2.75) is 43.2 Å². The van der Waals surface area contributed by atoms with E-state index in [4.69, 9.17) is 10.7 Å². The van der Waals surface area contributed by atoms with Gasteiger partial charge in [0, 0.05) is 22.9 Å². The van der Waals surface area contributed by atoms with E-state index in [9.17, 15) is 13.4 Å². The number of nitrogens with zero attached hydrogens (tertiary/aromatic N) is 3. The van der Waals surface area contributed by atoms with Crippen molar-refractivity contribution in [3.05, 3.63) is 71.4 Å². The summed E-state index contributed by atoms with van der Waals surface area (Å²) in [7, 11) is -1.57. The van der Waals surface area contributed by atoms with Crippen LogP contribution in [0.15, 0.2) is 58.6 Å². The van der Waals surface area contributed by atoms with E-state index in [-0.39, 0.29) is 18.3 Å². The third-order valence-corrected chi connectivity index (χ3v) is 6.93. The van der Waals surface area contributed by atoms with Gasteiger partial charge in [0.25, 0.3) is 0 Å². The van der Waals surface area contributed by atoms with E-state index in [2.05, 4.69) is 0 Å². The molecular formula is C24H25FN4O2S. The van der Waals surface area contributed by atoms with Crippen molar-refractivity contribution in [1.82, 2.24) is 14.5 Å². The maximum absolute atomic E-state index is 13.9. The first kappa shape index (κ1) is 22.1.